The normalized spacial score (nSPS) is 12.8. The summed E-state index contributed by atoms with van der Waals surface area (Å²) in [6, 6.07) is 24.8. The summed E-state index contributed by atoms with van der Waals surface area (Å²) in [4.78, 5) is 2.12. The van der Waals surface area contributed by atoms with Crippen LogP contribution in [0.15, 0.2) is 84.9 Å². The Morgan fingerprint density at radius 2 is 1.47 bits per heavy atom. The molecular weight excluding hydrogens is 465 g/mol. The van der Waals surface area contributed by atoms with Gasteiger partial charge in [-0.2, -0.15) is 18.3 Å². The molecule has 0 saturated carbocycles. The number of nitrogens with one attached hydrogen (secondary N) is 2. The molecule has 4 aromatic carbocycles. The number of hydrogen-bond acceptors (Lipinski definition) is 3. The van der Waals surface area contributed by atoms with Crippen molar-refractivity contribution in [3.05, 3.63) is 90.6 Å². The molecule has 1 atom stereocenters. The summed E-state index contributed by atoms with van der Waals surface area (Å²) < 4.78 is 61.4. The Morgan fingerprint density at radius 1 is 0.824 bits per heavy atom. The summed E-state index contributed by atoms with van der Waals surface area (Å²) in [5.41, 5.74) is 3.26. The third-order valence-electron chi connectivity index (χ3n) is 5.39. The second-order valence-electron chi connectivity index (χ2n) is 7.61. The fourth-order valence-electron chi connectivity index (χ4n) is 3.81. The molecule has 34 heavy (non-hydrogen) atoms. The molecule has 1 unspecified atom stereocenters. The molecule has 0 radical (unpaired) electrons. The van der Waals surface area contributed by atoms with E-state index < -0.39 is 23.1 Å². The number of benzene rings is 4. The largest absolute Gasteiger partial charge is 0.435 e. The van der Waals surface area contributed by atoms with Gasteiger partial charge in [0, 0.05) is 11.3 Å². The Hall–Kier alpha value is -3.73. The second-order valence-corrected chi connectivity index (χ2v) is 8.31. The SMILES string of the molecule is O=S(O)NNc1ccc(-n2nc(C(F)(F)F)cc2-c2ccc3cc4ccccc4cc3c2)cc1. The number of hydrogen-bond donors (Lipinski definition) is 3. The number of aromatic nitrogens is 2. The number of fused-ring (bicyclic) bond motifs is 2. The van der Waals surface area contributed by atoms with Gasteiger partial charge in [0.25, 0.3) is 0 Å². The lowest BCUT2D eigenvalue weighted by Crippen LogP contribution is -2.23. The molecule has 5 aromatic rings. The summed E-state index contributed by atoms with van der Waals surface area (Å²) in [5, 5.41) is 7.83. The van der Waals surface area contributed by atoms with Gasteiger partial charge in [-0.25, -0.2) is 8.89 Å². The van der Waals surface area contributed by atoms with Gasteiger partial charge in [-0.15, -0.1) is 4.83 Å². The number of rotatable bonds is 5. The van der Waals surface area contributed by atoms with Gasteiger partial charge in [0.2, 0.25) is 11.3 Å². The van der Waals surface area contributed by atoms with Crippen molar-refractivity contribution in [1.82, 2.24) is 14.6 Å². The van der Waals surface area contributed by atoms with Crippen LogP contribution in [0.25, 0.3) is 38.5 Å². The van der Waals surface area contributed by atoms with Gasteiger partial charge in [0.1, 0.15) is 0 Å². The molecule has 0 aliphatic heterocycles. The number of alkyl halides is 3. The molecule has 5 rings (SSSR count). The van der Waals surface area contributed by atoms with Crippen molar-refractivity contribution in [1.29, 1.82) is 0 Å². The van der Waals surface area contributed by atoms with Crippen LogP contribution in [0.2, 0.25) is 0 Å². The average molecular weight is 482 g/mol. The Balaban J connectivity index is 1.60. The minimum Gasteiger partial charge on any atom is -0.308 e. The Labute approximate surface area is 194 Å². The van der Waals surface area contributed by atoms with Crippen LogP contribution in [-0.4, -0.2) is 18.5 Å². The zero-order valence-electron chi connectivity index (χ0n) is 17.4. The van der Waals surface area contributed by atoms with E-state index in [1.165, 1.54) is 4.68 Å². The third-order valence-corrected chi connectivity index (χ3v) is 5.67. The molecule has 1 heterocycles. The molecule has 0 bridgehead atoms. The Kier molecular flexibility index (Phi) is 5.56. The third kappa shape index (κ3) is 4.38. The summed E-state index contributed by atoms with van der Waals surface area (Å²) in [5.74, 6) is 0. The summed E-state index contributed by atoms with van der Waals surface area (Å²) >= 11 is -2.27. The van der Waals surface area contributed by atoms with Crippen LogP contribution in [0.5, 0.6) is 0 Å². The highest BCUT2D eigenvalue weighted by molar-refractivity contribution is 7.77. The van der Waals surface area contributed by atoms with E-state index in [0.717, 1.165) is 27.6 Å². The molecule has 3 N–H and O–H groups in total. The summed E-state index contributed by atoms with van der Waals surface area (Å²) in [6.45, 7) is 0. The second kappa shape index (κ2) is 8.56. The first-order valence-electron chi connectivity index (χ1n) is 10.1. The lowest BCUT2D eigenvalue weighted by atomic mass is 10.0. The van der Waals surface area contributed by atoms with Crippen molar-refractivity contribution in [3.63, 3.8) is 0 Å². The maximum atomic E-state index is 13.5. The molecule has 1 aromatic heterocycles. The van der Waals surface area contributed by atoms with E-state index in [0.29, 0.717) is 16.9 Å². The van der Waals surface area contributed by atoms with Crippen molar-refractivity contribution < 1.29 is 21.9 Å². The van der Waals surface area contributed by atoms with Crippen LogP contribution in [0, 0.1) is 0 Å². The number of nitrogens with zero attached hydrogens (tertiary/aromatic N) is 2. The van der Waals surface area contributed by atoms with Crippen LogP contribution in [0.3, 0.4) is 0 Å². The molecule has 10 heteroatoms. The van der Waals surface area contributed by atoms with Crippen LogP contribution in [-0.2, 0) is 17.4 Å². The van der Waals surface area contributed by atoms with Gasteiger partial charge < -0.3 is 5.43 Å². The van der Waals surface area contributed by atoms with Gasteiger partial charge in [0.05, 0.1) is 11.4 Å². The zero-order valence-corrected chi connectivity index (χ0v) is 18.2. The topological polar surface area (TPSA) is 79.2 Å². The van der Waals surface area contributed by atoms with Crippen molar-refractivity contribution in [2.24, 2.45) is 0 Å². The monoisotopic (exact) mass is 482 g/mol. The van der Waals surface area contributed by atoms with E-state index in [1.807, 2.05) is 48.5 Å². The molecule has 0 aliphatic carbocycles. The Morgan fingerprint density at radius 3 is 2.12 bits per heavy atom. The van der Waals surface area contributed by atoms with E-state index in [2.05, 4.69) is 15.4 Å². The maximum absolute atomic E-state index is 13.5. The lowest BCUT2D eigenvalue weighted by Gasteiger charge is -2.11. The molecular formula is C24H17F3N4O2S. The standard InChI is InChI=1S/C24H17F3N4O2S/c25-24(26,27)23-14-22(31(29-23)21-9-7-20(8-10-21)28-30-34(32)33)18-6-5-17-11-15-3-1-2-4-16(15)12-19(17)13-18/h1-14,28,30H,(H,32,33). The van der Waals surface area contributed by atoms with Crippen LogP contribution < -0.4 is 10.3 Å². The molecule has 172 valence electrons. The van der Waals surface area contributed by atoms with Gasteiger partial charge in [-0.1, -0.05) is 36.4 Å². The molecule has 0 saturated heterocycles. The van der Waals surface area contributed by atoms with E-state index in [1.54, 1.807) is 30.3 Å². The van der Waals surface area contributed by atoms with Crippen molar-refractivity contribution >= 4 is 38.5 Å². The predicted molar refractivity (Wildman–Crippen MR) is 127 cm³/mol. The first kappa shape index (κ1) is 22.1. The fraction of sp³-hybridized carbons (Fsp3) is 0.0417. The fourth-order valence-corrected chi connectivity index (χ4v) is 4.02. The van der Waals surface area contributed by atoms with E-state index in [4.69, 9.17) is 4.55 Å². The quantitative estimate of drug-likeness (QED) is 0.165. The highest BCUT2D eigenvalue weighted by atomic mass is 32.2. The molecule has 0 amide bonds. The van der Waals surface area contributed by atoms with Gasteiger partial charge in [0.15, 0.2) is 5.69 Å². The van der Waals surface area contributed by atoms with E-state index in [9.17, 15) is 17.4 Å². The lowest BCUT2D eigenvalue weighted by molar-refractivity contribution is -0.141. The average Bonchev–Trinajstić information content (AvgIpc) is 3.27. The highest BCUT2D eigenvalue weighted by Gasteiger charge is 2.35. The molecule has 0 spiro atoms. The molecule has 0 fully saturated rings. The smallest absolute Gasteiger partial charge is 0.308 e. The molecule has 6 nitrogen and oxygen atoms in total. The van der Waals surface area contributed by atoms with Gasteiger partial charge in [-0.05, 0) is 70.1 Å². The number of hydrazine groups is 1. The minimum atomic E-state index is -4.61. The maximum Gasteiger partial charge on any atom is 0.435 e. The highest BCUT2D eigenvalue weighted by Crippen LogP contribution is 2.35. The van der Waals surface area contributed by atoms with Crippen molar-refractivity contribution in [2.45, 2.75) is 6.18 Å². The molecule has 0 aliphatic rings. The Bertz CT molecular complexity index is 1530. The van der Waals surface area contributed by atoms with Crippen LogP contribution >= 0.6 is 0 Å². The van der Waals surface area contributed by atoms with E-state index >= 15 is 0 Å². The van der Waals surface area contributed by atoms with Gasteiger partial charge >= 0.3 is 6.18 Å². The van der Waals surface area contributed by atoms with Crippen LogP contribution in [0.4, 0.5) is 18.9 Å². The van der Waals surface area contributed by atoms with Gasteiger partial charge in [-0.3, -0.25) is 4.55 Å². The first-order chi connectivity index (χ1) is 16.3. The van der Waals surface area contributed by atoms with Crippen molar-refractivity contribution in [2.75, 3.05) is 5.43 Å². The van der Waals surface area contributed by atoms with E-state index in [-0.39, 0.29) is 5.69 Å². The predicted octanol–water partition coefficient (Wildman–Crippen LogP) is 5.92. The summed E-state index contributed by atoms with van der Waals surface area (Å²) in [6.07, 6.45) is -4.61. The zero-order chi connectivity index (χ0) is 23.9. The first-order valence-corrected chi connectivity index (χ1v) is 11.2. The summed E-state index contributed by atoms with van der Waals surface area (Å²) in [7, 11) is 0. The minimum absolute atomic E-state index is 0.290. The van der Waals surface area contributed by atoms with Crippen molar-refractivity contribution in [3.8, 4) is 16.9 Å². The number of anilines is 1. The number of halogens is 3. The van der Waals surface area contributed by atoms with Crippen LogP contribution in [0.1, 0.15) is 5.69 Å².